The number of carbonyl (C=O) groups excluding carboxylic acids is 1. The van der Waals surface area contributed by atoms with Crippen LogP contribution < -0.4 is 0 Å². The molecular formula is C16H16FNO4. The number of benzene rings is 1. The van der Waals surface area contributed by atoms with E-state index in [-0.39, 0.29) is 17.5 Å². The van der Waals surface area contributed by atoms with E-state index in [0.29, 0.717) is 42.5 Å². The van der Waals surface area contributed by atoms with Gasteiger partial charge in [0.25, 0.3) is 5.91 Å². The van der Waals surface area contributed by atoms with Crippen LogP contribution in [0.25, 0.3) is 11.0 Å². The zero-order valence-corrected chi connectivity index (χ0v) is 12.1. The Hall–Kier alpha value is -2.37. The third-order valence-corrected chi connectivity index (χ3v) is 4.22. The lowest BCUT2D eigenvalue weighted by Gasteiger charge is -2.29. The molecule has 1 N–H and O–H groups in total. The van der Waals surface area contributed by atoms with E-state index in [1.54, 1.807) is 11.8 Å². The number of likely N-dealkylation sites (tertiary alicyclic amines) is 1. The molecule has 1 saturated heterocycles. The minimum Gasteiger partial charge on any atom is -0.481 e. The summed E-state index contributed by atoms with van der Waals surface area (Å²) in [7, 11) is 0. The number of furan rings is 1. The van der Waals surface area contributed by atoms with Gasteiger partial charge in [-0.3, -0.25) is 9.59 Å². The molecule has 1 aromatic heterocycles. The Morgan fingerprint density at radius 3 is 2.64 bits per heavy atom. The van der Waals surface area contributed by atoms with Crippen molar-refractivity contribution in [2.75, 3.05) is 13.1 Å². The first-order valence-corrected chi connectivity index (χ1v) is 7.18. The fraction of sp³-hybridized carbons (Fsp3) is 0.375. The molecule has 2 aromatic rings. The van der Waals surface area contributed by atoms with Gasteiger partial charge in [-0.05, 0) is 38.0 Å². The van der Waals surface area contributed by atoms with Gasteiger partial charge < -0.3 is 14.4 Å². The first kappa shape index (κ1) is 14.6. The van der Waals surface area contributed by atoms with Crippen LogP contribution in [-0.4, -0.2) is 35.0 Å². The molecule has 1 aromatic carbocycles. The number of halogens is 1. The molecule has 3 rings (SSSR count). The number of carbonyl (C=O) groups is 2. The minimum atomic E-state index is -0.817. The highest BCUT2D eigenvalue weighted by Gasteiger charge is 2.30. The summed E-state index contributed by atoms with van der Waals surface area (Å²) in [5.74, 6) is -1.65. The highest BCUT2D eigenvalue weighted by molar-refractivity contribution is 5.99. The van der Waals surface area contributed by atoms with E-state index in [1.165, 1.54) is 18.2 Å². The first-order valence-electron chi connectivity index (χ1n) is 7.18. The second-order valence-electron chi connectivity index (χ2n) is 5.60. The van der Waals surface area contributed by atoms with Gasteiger partial charge in [-0.1, -0.05) is 0 Å². The SMILES string of the molecule is Cc1c(C(=O)N2CCC(C(=O)O)CC2)oc2ccc(F)cc12. The monoisotopic (exact) mass is 305 g/mol. The van der Waals surface area contributed by atoms with Gasteiger partial charge in [0.1, 0.15) is 11.4 Å². The van der Waals surface area contributed by atoms with Crippen molar-refractivity contribution in [3.05, 3.63) is 35.3 Å². The molecule has 116 valence electrons. The number of nitrogens with zero attached hydrogens (tertiary/aromatic N) is 1. The van der Waals surface area contributed by atoms with Crippen molar-refractivity contribution < 1.29 is 23.5 Å². The molecular weight excluding hydrogens is 289 g/mol. The van der Waals surface area contributed by atoms with Crippen molar-refractivity contribution in [3.8, 4) is 0 Å². The van der Waals surface area contributed by atoms with Crippen molar-refractivity contribution in [3.63, 3.8) is 0 Å². The smallest absolute Gasteiger partial charge is 0.306 e. The number of carboxylic acid groups (broad SMARTS) is 1. The topological polar surface area (TPSA) is 70.8 Å². The maximum atomic E-state index is 13.3. The Balaban J connectivity index is 1.84. The van der Waals surface area contributed by atoms with Crippen LogP contribution in [0.3, 0.4) is 0 Å². The van der Waals surface area contributed by atoms with Crippen LogP contribution in [0.4, 0.5) is 4.39 Å². The van der Waals surface area contributed by atoms with Crippen molar-refractivity contribution in [2.45, 2.75) is 19.8 Å². The highest BCUT2D eigenvalue weighted by Crippen LogP contribution is 2.28. The Kier molecular flexibility index (Phi) is 3.60. The lowest BCUT2D eigenvalue weighted by Crippen LogP contribution is -2.40. The van der Waals surface area contributed by atoms with E-state index in [4.69, 9.17) is 9.52 Å². The molecule has 0 spiro atoms. The van der Waals surface area contributed by atoms with E-state index in [9.17, 15) is 14.0 Å². The normalized spacial score (nSPS) is 16.2. The van der Waals surface area contributed by atoms with Gasteiger partial charge in [0, 0.05) is 24.0 Å². The molecule has 0 atom stereocenters. The molecule has 1 aliphatic heterocycles. The number of rotatable bonds is 2. The lowest BCUT2D eigenvalue weighted by molar-refractivity contribution is -0.143. The van der Waals surface area contributed by atoms with Crippen LogP contribution in [0.1, 0.15) is 29.0 Å². The number of aryl methyl sites for hydroxylation is 1. The standard InChI is InChI=1S/C16H16FNO4/c1-9-12-8-11(17)2-3-13(12)22-14(9)15(19)18-6-4-10(5-7-18)16(20)21/h2-3,8,10H,4-7H2,1H3,(H,20,21). The molecule has 1 amide bonds. The van der Waals surface area contributed by atoms with Crippen molar-refractivity contribution in [2.24, 2.45) is 5.92 Å². The molecule has 6 heteroatoms. The summed E-state index contributed by atoms with van der Waals surface area (Å²) in [6, 6.07) is 4.14. The van der Waals surface area contributed by atoms with Gasteiger partial charge in [-0.25, -0.2) is 4.39 Å². The Morgan fingerprint density at radius 2 is 2.00 bits per heavy atom. The van der Waals surface area contributed by atoms with Crippen molar-refractivity contribution in [1.29, 1.82) is 0 Å². The molecule has 1 fully saturated rings. The average Bonchev–Trinajstić information content (AvgIpc) is 2.83. The number of piperidine rings is 1. The van der Waals surface area contributed by atoms with Crippen LogP contribution in [0, 0.1) is 18.7 Å². The van der Waals surface area contributed by atoms with Gasteiger partial charge in [0.2, 0.25) is 0 Å². The van der Waals surface area contributed by atoms with Crippen molar-refractivity contribution >= 4 is 22.8 Å². The third kappa shape index (κ3) is 2.45. The molecule has 5 nitrogen and oxygen atoms in total. The highest BCUT2D eigenvalue weighted by atomic mass is 19.1. The van der Waals surface area contributed by atoms with Gasteiger partial charge in [-0.15, -0.1) is 0 Å². The maximum absolute atomic E-state index is 13.3. The lowest BCUT2D eigenvalue weighted by atomic mass is 9.97. The number of carboxylic acids is 1. The number of fused-ring (bicyclic) bond motifs is 1. The molecule has 22 heavy (non-hydrogen) atoms. The predicted molar refractivity (Wildman–Crippen MR) is 77.2 cm³/mol. The number of hydrogen-bond donors (Lipinski definition) is 1. The number of amides is 1. The summed E-state index contributed by atoms with van der Waals surface area (Å²) < 4.78 is 18.9. The summed E-state index contributed by atoms with van der Waals surface area (Å²) in [5, 5.41) is 9.57. The van der Waals surface area contributed by atoms with E-state index < -0.39 is 11.9 Å². The molecule has 0 unspecified atom stereocenters. The fourth-order valence-corrected chi connectivity index (χ4v) is 2.87. The number of aliphatic carboxylic acids is 1. The third-order valence-electron chi connectivity index (χ3n) is 4.22. The number of hydrogen-bond acceptors (Lipinski definition) is 3. The summed E-state index contributed by atoms with van der Waals surface area (Å²) in [5.41, 5.74) is 1.09. The van der Waals surface area contributed by atoms with E-state index in [2.05, 4.69) is 0 Å². The van der Waals surface area contributed by atoms with E-state index >= 15 is 0 Å². The summed E-state index contributed by atoms with van der Waals surface area (Å²) >= 11 is 0. The average molecular weight is 305 g/mol. The molecule has 0 bridgehead atoms. The largest absolute Gasteiger partial charge is 0.481 e. The summed E-state index contributed by atoms with van der Waals surface area (Å²) in [6.45, 7) is 2.50. The predicted octanol–water partition coefficient (Wildman–Crippen LogP) is 2.82. The molecule has 1 aliphatic rings. The molecule has 2 heterocycles. The minimum absolute atomic E-state index is 0.203. The quantitative estimate of drug-likeness (QED) is 0.926. The van der Waals surface area contributed by atoms with Gasteiger partial charge in [0.05, 0.1) is 5.92 Å². The second-order valence-corrected chi connectivity index (χ2v) is 5.60. The van der Waals surface area contributed by atoms with Crippen LogP contribution in [-0.2, 0) is 4.79 Å². The van der Waals surface area contributed by atoms with Gasteiger partial charge in [0.15, 0.2) is 5.76 Å². The Bertz CT molecular complexity index is 744. The van der Waals surface area contributed by atoms with Gasteiger partial charge in [-0.2, -0.15) is 0 Å². The summed E-state index contributed by atoms with van der Waals surface area (Å²) in [6.07, 6.45) is 0.879. The van der Waals surface area contributed by atoms with Crippen LogP contribution in [0.2, 0.25) is 0 Å². The Morgan fingerprint density at radius 1 is 1.32 bits per heavy atom. The van der Waals surface area contributed by atoms with Gasteiger partial charge >= 0.3 is 5.97 Å². The Labute approximate surface area is 126 Å². The van der Waals surface area contributed by atoms with Crippen LogP contribution in [0.15, 0.2) is 22.6 Å². The second kappa shape index (κ2) is 5.44. The van der Waals surface area contributed by atoms with E-state index in [1.807, 2.05) is 0 Å². The molecule has 0 radical (unpaired) electrons. The zero-order valence-electron chi connectivity index (χ0n) is 12.1. The summed E-state index contributed by atoms with van der Waals surface area (Å²) in [4.78, 5) is 25.1. The zero-order chi connectivity index (χ0) is 15.9. The maximum Gasteiger partial charge on any atom is 0.306 e. The molecule has 0 saturated carbocycles. The van der Waals surface area contributed by atoms with Crippen LogP contribution in [0.5, 0.6) is 0 Å². The first-order chi connectivity index (χ1) is 10.5. The van der Waals surface area contributed by atoms with Crippen LogP contribution >= 0.6 is 0 Å². The van der Waals surface area contributed by atoms with E-state index in [0.717, 1.165) is 0 Å². The fourth-order valence-electron chi connectivity index (χ4n) is 2.87. The molecule has 0 aliphatic carbocycles. The van der Waals surface area contributed by atoms with Crippen molar-refractivity contribution in [1.82, 2.24) is 4.90 Å².